The minimum atomic E-state index is 0.165. The molecule has 0 fully saturated rings. The third-order valence-electron chi connectivity index (χ3n) is 2.03. The molecular formula is C12H17NO. The zero-order chi connectivity index (χ0) is 10.2. The van der Waals surface area contributed by atoms with Crippen LogP contribution in [-0.4, -0.2) is 18.3 Å². The second-order valence-electron chi connectivity index (χ2n) is 3.17. The van der Waals surface area contributed by atoms with Crippen molar-refractivity contribution in [2.75, 3.05) is 18.5 Å². The van der Waals surface area contributed by atoms with Gasteiger partial charge in [0.15, 0.2) is 0 Å². The Morgan fingerprint density at radius 2 is 2.00 bits per heavy atom. The number of benzene rings is 1. The van der Waals surface area contributed by atoms with E-state index in [2.05, 4.69) is 24.0 Å². The second kappa shape index (κ2) is 6.22. The van der Waals surface area contributed by atoms with Crippen molar-refractivity contribution in [3.05, 3.63) is 42.5 Å². The summed E-state index contributed by atoms with van der Waals surface area (Å²) in [5.74, 6) is 0. The Morgan fingerprint density at radius 3 is 2.57 bits per heavy atom. The summed E-state index contributed by atoms with van der Waals surface area (Å²) in [6.07, 6.45) is 3.99. The molecule has 0 saturated carbocycles. The van der Waals surface area contributed by atoms with Gasteiger partial charge >= 0.3 is 0 Å². The standard InChI is InChI=1S/C12H17NO/c1-2-3-4-11-5-7-12(8-6-11)13-9-10-14/h2,5-8,13-14H,1,3-4,9-10H2. The molecule has 2 N–H and O–H groups in total. The predicted molar refractivity (Wildman–Crippen MR) is 60.5 cm³/mol. The van der Waals surface area contributed by atoms with Crippen LogP contribution in [0.1, 0.15) is 12.0 Å². The number of rotatable bonds is 6. The van der Waals surface area contributed by atoms with Gasteiger partial charge in [-0.3, -0.25) is 0 Å². The molecule has 0 bridgehead atoms. The first-order chi connectivity index (χ1) is 6.86. The summed E-state index contributed by atoms with van der Waals surface area (Å²) in [7, 11) is 0. The van der Waals surface area contributed by atoms with E-state index in [0.29, 0.717) is 6.54 Å². The largest absolute Gasteiger partial charge is 0.395 e. The maximum Gasteiger partial charge on any atom is 0.0604 e. The van der Waals surface area contributed by atoms with E-state index in [1.165, 1.54) is 5.56 Å². The molecular weight excluding hydrogens is 174 g/mol. The van der Waals surface area contributed by atoms with Gasteiger partial charge in [0.1, 0.15) is 0 Å². The summed E-state index contributed by atoms with van der Waals surface area (Å²) in [6, 6.07) is 8.27. The zero-order valence-electron chi connectivity index (χ0n) is 8.37. The molecule has 0 radical (unpaired) electrons. The van der Waals surface area contributed by atoms with Crippen LogP contribution in [0.15, 0.2) is 36.9 Å². The van der Waals surface area contributed by atoms with Gasteiger partial charge in [-0.15, -0.1) is 6.58 Å². The lowest BCUT2D eigenvalue weighted by Gasteiger charge is -2.05. The average molecular weight is 191 g/mol. The van der Waals surface area contributed by atoms with E-state index in [1.54, 1.807) is 0 Å². The summed E-state index contributed by atoms with van der Waals surface area (Å²) < 4.78 is 0. The third-order valence-corrected chi connectivity index (χ3v) is 2.03. The Kier molecular flexibility index (Phi) is 4.79. The van der Waals surface area contributed by atoms with Crippen LogP contribution in [-0.2, 0) is 6.42 Å². The first-order valence-electron chi connectivity index (χ1n) is 4.91. The molecule has 0 saturated heterocycles. The van der Waals surface area contributed by atoms with E-state index < -0.39 is 0 Å². The first-order valence-corrected chi connectivity index (χ1v) is 4.91. The van der Waals surface area contributed by atoms with Crippen LogP contribution < -0.4 is 5.32 Å². The average Bonchev–Trinajstić information content (AvgIpc) is 2.25. The molecule has 0 aliphatic rings. The van der Waals surface area contributed by atoms with Crippen molar-refractivity contribution in [1.29, 1.82) is 0 Å². The van der Waals surface area contributed by atoms with Crippen LogP contribution in [0.25, 0.3) is 0 Å². The highest BCUT2D eigenvalue weighted by atomic mass is 16.3. The molecule has 0 aromatic heterocycles. The molecule has 0 heterocycles. The van der Waals surface area contributed by atoms with Gasteiger partial charge in [0, 0.05) is 12.2 Å². The molecule has 0 amide bonds. The highest BCUT2D eigenvalue weighted by molar-refractivity contribution is 5.44. The van der Waals surface area contributed by atoms with Gasteiger partial charge in [-0.2, -0.15) is 0 Å². The molecule has 0 spiro atoms. The van der Waals surface area contributed by atoms with Gasteiger partial charge in [-0.25, -0.2) is 0 Å². The predicted octanol–water partition coefficient (Wildman–Crippen LogP) is 2.21. The van der Waals surface area contributed by atoms with E-state index >= 15 is 0 Å². The van der Waals surface area contributed by atoms with Crippen molar-refractivity contribution < 1.29 is 5.11 Å². The Morgan fingerprint density at radius 1 is 1.29 bits per heavy atom. The van der Waals surface area contributed by atoms with Gasteiger partial charge in [0.05, 0.1) is 6.61 Å². The highest BCUT2D eigenvalue weighted by Crippen LogP contribution is 2.10. The summed E-state index contributed by atoms with van der Waals surface area (Å²) >= 11 is 0. The lowest BCUT2D eigenvalue weighted by molar-refractivity contribution is 0.311. The van der Waals surface area contributed by atoms with E-state index in [-0.39, 0.29) is 6.61 Å². The number of anilines is 1. The molecule has 0 aliphatic carbocycles. The third kappa shape index (κ3) is 3.62. The Hall–Kier alpha value is -1.28. The number of allylic oxidation sites excluding steroid dienone is 1. The Balaban J connectivity index is 2.46. The van der Waals surface area contributed by atoms with Crippen molar-refractivity contribution in [3.8, 4) is 0 Å². The lowest BCUT2D eigenvalue weighted by Crippen LogP contribution is -2.05. The number of nitrogens with one attached hydrogen (secondary N) is 1. The molecule has 0 atom stereocenters. The zero-order valence-corrected chi connectivity index (χ0v) is 8.37. The van der Waals surface area contributed by atoms with Crippen LogP contribution in [0.5, 0.6) is 0 Å². The smallest absolute Gasteiger partial charge is 0.0604 e. The van der Waals surface area contributed by atoms with Crippen LogP contribution in [0.3, 0.4) is 0 Å². The van der Waals surface area contributed by atoms with Crippen molar-refractivity contribution >= 4 is 5.69 Å². The number of aliphatic hydroxyl groups excluding tert-OH is 1. The van der Waals surface area contributed by atoms with Crippen LogP contribution >= 0.6 is 0 Å². The van der Waals surface area contributed by atoms with E-state index in [0.717, 1.165) is 18.5 Å². The summed E-state index contributed by atoms with van der Waals surface area (Å²) in [6.45, 7) is 4.46. The Labute approximate surface area is 85.3 Å². The number of aryl methyl sites for hydroxylation is 1. The van der Waals surface area contributed by atoms with E-state index in [1.807, 2.05) is 18.2 Å². The number of aliphatic hydroxyl groups is 1. The van der Waals surface area contributed by atoms with Crippen LogP contribution in [0.4, 0.5) is 5.69 Å². The minimum Gasteiger partial charge on any atom is -0.395 e. The lowest BCUT2D eigenvalue weighted by atomic mass is 10.1. The fourth-order valence-electron chi connectivity index (χ4n) is 1.26. The van der Waals surface area contributed by atoms with E-state index in [9.17, 15) is 0 Å². The molecule has 1 aromatic carbocycles. The van der Waals surface area contributed by atoms with E-state index in [4.69, 9.17) is 5.11 Å². The number of hydrogen-bond acceptors (Lipinski definition) is 2. The highest BCUT2D eigenvalue weighted by Gasteiger charge is 1.92. The minimum absolute atomic E-state index is 0.165. The van der Waals surface area contributed by atoms with Crippen LogP contribution in [0, 0.1) is 0 Å². The van der Waals surface area contributed by atoms with Gasteiger partial charge in [0.25, 0.3) is 0 Å². The SMILES string of the molecule is C=CCCc1ccc(NCCO)cc1. The van der Waals surface area contributed by atoms with Gasteiger partial charge < -0.3 is 10.4 Å². The quantitative estimate of drug-likeness (QED) is 0.676. The maximum absolute atomic E-state index is 8.62. The topological polar surface area (TPSA) is 32.3 Å². The molecule has 76 valence electrons. The molecule has 14 heavy (non-hydrogen) atoms. The van der Waals surface area contributed by atoms with Gasteiger partial charge in [0.2, 0.25) is 0 Å². The van der Waals surface area contributed by atoms with Gasteiger partial charge in [-0.05, 0) is 30.5 Å². The maximum atomic E-state index is 8.62. The van der Waals surface area contributed by atoms with Crippen LogP contribution in [0.2, 0.25) is 0 Å². The molecule has 2 heteroatoms. The molecule has 2 nitrogen and oxygen atoms in total. The summed E-state index contributed by atoms with van der Waals surface area (Å²) in [5.41, 5.74) is 2.38. The first kappa shape index (κ1) is 10.8. The molecule has 0 unspecified atom stereocenters. The molecule has 0 aliphatic heterocycles. The summed E-state index contributed by atoms with van der Waals surface area (Å²) in [5, 5.41) is 11.7. The fourth-order valence-corrected chi connectivity index (χ4v) is 1.26. The normalized spacial score (nSPS) is 9.79. The fraction of sp³-hybridized carbons (Fsp3) is 0.333. The molecule has 1 aromatic rings. The van der Waals surface area contributed by atoms with Crippen molar-refractivity contribution in [2.45, 2.75) is 12.8 Å². The number of hydrogen-bond donors (Lipinski definition) is 2. The van der Waals surface area contributed by atoms with Crippen molar-refractivity contribution in [1.82, 2.24) is 0 Å². The van der Waals surface area contributed by atoms with Crippen molar-refractivity contribution in [2.24, 2.45) is 0 Å². The molecule has 1 rings (SSSR count). The van der Waals surface area contributed by atoms with Crippen molar-refractivity contribution in [3.63, 3.8) is 0 Å². The van der Waals surface area contributed by atoms with Gasteiger partial charge in [-0.1, -0.05) is 18.2 Å². The summed E-state index contributed by atoms with van der Waals surface area (Å²) in [4.78, 5) is 0. The second-order valence-corrected chi connectivity index (χ2v) is 3.17. The monoisotopic (exact) mass is 191 g/mol. The Bertz CT molecular complexity index is 266.